The molecule has 2 aliphatic rings. The standard InChI is InChI=1S/C22H27NO5/c1-5-12(2)28-22(26)19-13(3)23-15-7-6-8-16(24)21(15)20(19)14-9-10-18(27-4)17(25)11-14/h9-12,19-20,25H,5-8H2,1-4H3/t12-,19?,20+/m0/s1. The number of carbonyl (C=O) groups excluding carboxylic acids is 2. The fourth-order valence-corrected chi connectivity index (χ4v) is 3.93. The van der Waals surface area contributed by atoms with E-state index < -0.39 is 11.8 Å². The fourth-order valence-electron chi connectivity index (χ4n) is 3.93. The molecule has 1 aliphatic heterocycles. The molecule has 0 saturated carbocycles. The Morgan fingerprint density at radius 1 is 1.36 bits per heavy atom. The van der Waals surface area contributed by atoms with Crippen molar-refractivity contribution < 1.29 is 24.2 Å². The third kappa shape index (κ3) is 3.68. The largest absolute Gasteiger partial charge is 0.504 e. The van der Waals surface area contributed by atoms with E-state index >= 15 is 0 Å². The van der Waals surface area contributed by atoms with E-state index in [9.17, 15) is 14.7 Å². The number of aliphatic imine (C=N–C) groups is 1. The monoisotopic (exact) mass is 385 g/mol. The van der Waals surface area contributed by atoms with Crippen molar-refractivity contribution in [3.8, 4) is 11.5 Å². The quantitative estimate of drug-likeness (QED) is 0.777. The first-order chi connectivity index (χ1) is 13.4. The molecule has 0 bridgehead atoms. The zero-order valence-corrected chi connectivity index (χ0v) is 16.8. The van der Waals surface area contributed by atoms with Gasteiger partial charge >= 0.3 is 5.97 Å². The van der Waals surface area contributed by atoms with Gasteiger partial charge in [0.05, 0.1) is 13.2 Å². The number of aromatic hydroxyl groups is 1. The molecule has 3 atom stereocenters. The van der Waals surface area contributed by atoms with Gasteiger partial charge in [-0.2, -0.15) is 0 Å². The lowest BCUT2D eigenvalue weighted by Gasteiger charge is -2.35. The van der Waals surface area contributed by atoms with E-state index in [1.807, 2.05) is 20.8 Å². The summed E-state index contributed by atoms with van der Waals surface area (Å²) in [4.78, 5) is 30.4. The first-order valence-electron chi connectivity index (χ1n) is 9.76. The number of nitrogens with zero attached hydrogens (tertiary/aromatic N) is 1. The maximum absolute atomic E-state index is 13.0. The zero-order valence-electron chi connectivity index (χ0n) is 16.8. The molecule has 6 nitrogen and oxygen atoms in total. The molecule has 0 fully saturated rings. The number of phenolic OH excluding ortho intramolecular Hbond substituents is 1. The summed E-state index contributed by atoms with van der Waals surface area (Å²) in [5, 5.41) is 10.3. The number of Topliss-reactive ketones (excluding diaryl/α,β-unsaturated/α-hetero) is 1. The highest BCUT2D eigenvalue weighted by Crippen LogP contribution is 2.45. The van der Waals surface area contributed by atoms with Crippen LogP contribution in [0.3, 0.4) is 0 Å². The third-order valence-corrected chi connectivity index (χ3v) is 5.54. The van der Waals surface area contributed by atoms with E-state index in [0.29, 0.717) is 41.9 Å². The van der Waals surface area contributed by atoms with Gasteiger partial charge in [-0.1, -0.05) is 13.0 Å². The lowest BCUT2D eigenvalue weighted by Crippen LogP contribution is -2.38. The van der Waals surface area contributed by atoms with E-state index in [2.05, 4.69) is 4.99 Å². The number of carbonyl (C=O) groups is 2. The highest BCUT2D eigenvalue weighted by Gasteiger charge is 2.43. The Kier molecular flexibility index (Phi) is 5.87. The second kappa shape index (κ2) is 8.17. The van der Waals surface area contributed by atoms with Crippen LogP contribution in [0.5, 0.6) is 11.5 Å². The summed E-state index contributed by atoms with van der Waals surface area (Å²) in [5.41, 5.74) is 2.65. The summed E-state index contributed by atoms with van der Waals surface area (Å²) < 4.78 is 10.7. The second-order valence-corrected chi connectivity index (χ2v) is 7.43. The molecule has 6 heteroatoms. The number of methoxy groups -OCH3 is 1. The van der Waals surface area contributed by atoms with Crippen LogP contribution >= 0.6 is 0 Å². The molecule has 0 radical (unpaired) electrons. The normalized spacial score (nSPS) is 23.0. The van der Waals surface area contributed by atoms with Crippen molar-refractivity contribution in [1.82, 2.24) is 0 Å². The van der Waals surface area contributed by atoms with Crippen molar-refractivity contribution >= 4 is 17.5 Å². The molecule has 3 rings (SSSR count). The molecule has 1 heterocycles. The molecule has 0 amide bonds. The Labute approximate surface area is 165 Å². The average molecular weight is 385 g/mol. The predicted molar refractivity (Wildman–Crippen MR) is 106 cm³/mol. The zero-order chi connectivity index (χ0) is 20.4. The molecule has 0 spiro atoms. The molecule has 0 saturated heterocycles. The van der Waals surface area contributed by atoms with Gasteiger partial charge in [0.15, 0.2) is 17.3 Å². The predicted octanol–water partition coefficient (Wildman–Crippen LogP) is 3.92. The van der Waals surface area contributed by atoms with Crippen LogP contribution in [0.1, 0.15) is 57.9 Å². The number of hydrogen-bond donors (Lipinski definition) is 1. The highest BCUT2D eigenvalue weighted by atomic mass is 16.5. The van der Waals surface area contributed by atoms with Crippen LogP contribution in [-0.2, 0) is 14.3 Å². The number of esters is 1. The van der Waals surface area contributed by atoms with Crippen LogP contribution in [-0.4, -0.2) is 35.8 Å². The minimum Gasteiger partial charge on any atom is -0.504 e. The Balaban J connectivity index is 2.11. The molecular weight excluding hydrogens is 358 g/mol. The van der Waals surface area contributed by atoms with E-state index in [1.165, 1.54) is 7.11 Å². The molecular formula is C22H27NO5. The van der Waals surface area contributed by atoms with Gasteiger partial charge in [0, 0.05) is 29.3 Å². The molecule has 1 aromatic carbocycles. The fraction of sp³-hybridized carbons (Fsp3) is 0.500. The molecule has 1 aromatic rings. The third-order valence-electron chi connectivity index (χ3n) is 5.54. The van der Waals surface area contributed by atoms with Crippen molar-refractivity contribution in [3.05, 3.63) is 35.0 Å². The summed E-state index contributed by atoms with van der Waals surface area (Å²) in [6.45, 7) is 5.60. The van der Waals surface area contributed by atoms with Crippen molar-refractivity contribution in [1.29, 1.82) is 0 Å². The maximum atomic E-state index is 13.0. The van der Waals surface area contributed by atoms with Gasteiger partial charge in [-0.3, -0.25) is 14.6 Å². The number of allylic oxidation sites excluding steroid dienone is 2. The SMILES string of the molecule is CC[C@H](C)OC(=O)C1C(C)=NC2=C(C(=O)CCC2)[C@@H]1c1ccc(OC)c(O)c1. The van der Waals surface area contributed by atoms with Crippen LogP contribution in [0.25, 0.3) is 0 Å². The average Bonchev–Trinajstić information content (AvgIpc) is 2.66. The van der Waals surface area contributed by atoms with Crippen LogP contribution in [0.4, 0.5) is 0 Å². The van der Waals surface area contributed by atoms with Crippen molar-refractivity contribution in [2.45, 2.75) is 58.5 Å². The number of ketones is 1. The smallest absolute Gasteiger partial charge is 0.315 e. The van der Waals surface area contributed by atoms with Gasteiger partial charge in [0.25, 0.3) is 0 Å². The van der Waals surface area contributed by atoms with Crippen LogP contribution in [0, 0.1) is 5.92 Å². The van der Waals surface area contributed by atoms with Crippen molar-refractivity contribution in [3.63, 3.8) is 0 Å². The van der Waals surface area contributed by atoms with Crippen LogP contribution in [0.2, 0.25) is 0 Å². The van der Waals surface area contributed by atoms with Gasteiger partial charge in [-0.05, 0) is 50.8 Å². The molecule has 150 valence electrons. The minimum atomic E-state index is -0.692. The van der Waals surface area contributed by atoms with E-state index in [1.54, 1.807) is 18.2 Å². The number of benzene rings is 1. The molecule has 0 aromatic heterocycles. The van der Waals surface area contributed by atoms with E-state index in [4.69, 9.17) is 9.47 Å². The Morgan fingerprint density at radius 3 is 2.75 bits per heavy atom. The summed E-state index contributed by atoms with van der Waals surface area (Å²) in [7, 11) is 1.48. The van der Waals surface area contributed by atoms with Crippen molar-refractivity contribution in [2.75, 3.05) is 7.11 Å². The number of ether oxygens (including phenoxy) is 2. The molecule has 1 unspecified atom stereocenters. The Hall–Kier alpha value is -2.63. The lowest BCUT2D eigenvalue weighted by molar-refractivity contribution is -0.151. The summed E-state index contributed by atoms with van der Waals surface area (Å²) in [6, 6.07) is 5.01. The number of hydrogen-bond acceptors (Lipinski definition) is 6. The molecule has 1 aliphatic carbocycles. The first kappa shape index (κ1) is 20.1. The van der Waals surface area contributed by atoms with E-state index in [-0.39, 0.29) is 23.6 Å². The summed E-state index contributed by atoms with van der Waals surface area (Å²) in [5.74, 6) is -1.27. The minimum absolute atomic E-state index is 0.0131. The Bertz CT molecular complexity index is 854. The van der Waals surface area contributed by atoms with Gasteiger partial charge < -0.3 is 14.6 Å². The number of phenols is 1. The van der Waals surface area contributed by atoms with Gasteiger partial charge in [-0.25, -0.2) is 0 Å². The Morgan fingerprint density at radius 2 is 2.11 bits per heavy atom. The van der Waals surface area contributed by atoms with Crippen LogP contribution < -0.4 is 4.74 Å². The number of rotatable bonds is 5. The van der Waals surface area contributed by atoms with Crippen LogP contribution in [0.15, 0.2) is 34.5 Å². The molecule has 28 heavy (non-hydrogen) atoms. The first-order valence-corrected chi connectivity index (χ1v) is 9.76. The second-order valence-electron chi connectivity index (χ2n) is 7.43. The summed E-state index contributed by atoms with van der Waals surface area (Å²) in [6.07, 6.45) is 2.40. The molecule has 1 N–H and O–H groups in total. The van der Waals surface area contributed by atoms with Crippen molar-refractivity contribution in [2.24, 2.45) is 10.9 Å². The summed E-state index contributed by atoms with van der Waals surface area (Å²) >= 11 is 0. The van der Waals surface area contributed by atoms with Gasteiger partial charge in [0.2, 0.25) is 0 Å². The van der Waals surface area contributed by atoms with Gasteiger partial charge in [-0.15, -0.1) is 0 Å². The van der Waals surface area contributed by atoms with E-state index in [0.717, 1.165) is 12.1 Å². The maximum Gasteiger partial charge on any atom is 0.315 e. The van der Waals surface area contributed by atoms with Gasteiger partial charge in [0.1, 0.15) is 5.92 Å². The lowest BCUT2D eigenvalue weighted by atomic mass is 9.71. The highest BCUT2D eigenvalue weighted by molar-refractivity contribution is 6.08. The topological polar surface area (TPSA) is 85.2 Å².